The Balaban J connectivity index is 2.16. The monoisotopic (exact) mass is 508 g/mol. The van der Waals surface area contributed by atoms with Crippen LogP contribution in [-0.2, 0) is 4.74 Å². The van der Waals surface area contributed by atoms with Crippen LogP contribution >= 0.6 is 15.9 Å². The molecule has 0 saturated carbocycles. The first-order chi connectivity index (χ1) is 14.6. The lowest BCUT2D eigenvalue weighted by atomic mass is 10.1. The van der Waals surface area contributed by atoms with Crippen LogP contribution in [0.4, 0.5) is 0 Å². The SMILES string of the molecule is COc1cc(C=Cc2cc(OCOCC[Si](C)(C)C)cc(OC)c2Br)ccc1C(=O)O. The fourth-order valence-electron chi connectivity index (χ4n) is 2.67. The van der Waals surface area contributed by atoms with Gasteiger partial charge in [-0.2, -0.15) is 0 Å². The van der Waals surface area contributed by atoms with Crippen LogP contribution in [-0.4, -0.2) is 46.8 Å². The molecule has 0 aliphatic heterocycles. The molecule has 0 aliphatic carbocycles. The standard InChI is InChI=1S/C23H29BrO6Si/c1-27-20-12-16(7-9-19(20)23(25)26)6-8-17-13-18(14-21(28-2)22(17)24)30-15-29-10-11-31(3,4)5/h6-9,12-14H,10-11,15H2,1-5H3,(H,25,26). The van der Waals surface area contributed by atoms with Crippen LogP contribution in [0.2, 0.25) is 25.7 Å². The Morgan fingerprint density at radius 2 is 1.77 bits per heavy atom. The van der Waals surface area contributed by atoms with Gasteiger partial charge < -0.3 is 24.1 Å². The first-order valence-corrected chi connectivity index (χ1v) is 14.3. The van der Waals surface area contributed by atoms with Crippen molar-refractivity contribution in [3.8, 4) is 17.2 Å². The molecule has 6 nitrogen and oxygen atoms in total. The molecule has 2 aromatic carbocycles. The third kappa shape index (κ3) is 7.72. The highest BCUT2D eigenvalue weighted by atomic mass is 79.9. The van der Waals surface area contributed by atoms with E-state index in [-0.39, 0.29) is 12.4 Å². The minimum atomic E-state index is -1.13. The summed E-state index contributed by atoms with van der Waals surface area (Å²) in [6.07, 6.45) is 3.75. The van der Waals surface area contributed by atoms with Gasteiger partial charge in [0.15, 0.2) is 6.79 Å². The number of carboxylic acids is 1. The van der Waals surface area contributed by atoms with E-state index in [1.807, 2.05) is 18.2 Å². The van der Waals surface area contributed by atoms with Gasteiger partial charge in [0.25, 0.3) is 0 Å². The number of methoxy groups -OCH3 is 2. The summed E-state index contributed by atoms with van der Waals surface area (Å²) in [6, 6.07) is 9.69. The molecule has 0 heterocycles. The van der Waals surface area contributed by atoms with Gasteiger partial charge in [0.1, 0.15) is 22.8 Å². The summed E-state index contributed by atoms with van der Waals surface area (Å²) in [5, 5.41) is 9.22. The minimum Gasteiger partial charge on any atom is -0.496 e. The van der Waals surface area contributed by atoms with Crippen molar-refractivity contribution in [2.75, 3.05) is 27.6 Å². The Morgan fingerprint density at radius 3 is 2.39 bits per heavy atom. The lowest BCUT2D eigenvalue weighted by Gasteiger charge is -2.16. The van der Waals surface area contributed by atoms with Crippen molar-refractivity contribution in [2.24, 2.45) is 0 Å². The smallest absolute Gasteiger partial charge is 0.339 e. The number of hydrogen-bond acceptors (Lipinski definition) is 5. The zero-order chi connectivity index (χ0) is 23.0. The summed E-state index contributed by atoms with van der Waals surface area (Å²) in [4.78, 5) is 11.3. The molecule has 2 rings (SSSR count). The van der Waals surface area contributed by atoms with Crippen LogP contribution in [0.3, 0.4) is 0 Å². The molecule has 0 aromatic heterocycles. The molecule has 0 spiro atoms. The number of benzene rings is 2. The molecule has 0 aliphatic rings. The highest BCUT2D eigenvalue weighted by Crippen LogP contribution is 2.35. The number of aromatic carboxylic acids is 1. The molecule has 0 saturated heterocycles. The van der Waals surface area contributed by atoms with Gasteiger partial charge in [0.05, 0.1) is 18.7 Å². The summed E-state index contributed by atoms with van der Waals surface area (Å²) in [5.74, 6) is 0.542. The summed E-state index contributed by atoms with van der Waals surface area (Å²) in [6.45, 7) is 7.78. The second kappa shape index (κ2) is 11.4. The molecule has 2 aromatic rings. The molecule has 0 unspecified atom stereocenters. The molecule has 0 bridgehead atoms. The van der Waals surface area contributed by atoms with Gasteiger partial charge in [-0.15, -0.1) is 0 Å². The second-order valence-corrected chi connectivity index (χ2v) is 14.5. The lowest BCUT2D eigenvalue weighted by molar-refractivity contribution is 0.0219. The molecular formula is C23H29BrO6Si. The second-order valence-electron chi connectivity index (χ2n) is 8.11. The Labute approximate surface area is 192 Å². The molecular weight excluding hydrogens is 480 g/mol. The normalized spacial score (nSPS) is 11.5. The Bertz CT molecular complexity index is 936. The van der Waals surface area contributed by atoms with E-state index in [9.17, 15) is 9.90 Å². The van der Waals surface area contributed by atoms with Gasteiger partial charge in [-0.1, -0.05) is 37.9 Å². The first-order valence-electron chi connectivity index (χ1n) is 9.82. The average Bonchev–Trinajstić information content (AvgIpc) is 2.72. The van der Waals surface area contributed by atoms with Crippen molar-refractivity contribution in [3.05, 3.63) is 51.5 Å². The van der Waals surface area contributed by atoms with E-state index in [1.165, 1.54) is 13.2 Å². The first kappa shape index (κ1) is 25.0. The maximum Gasteiger partial charge on any atom is 0.339 e. The number of carboxylic acid groups (broad SMARTS) is 1. The number of ether oxygens (including phenoxy) is 4. The third-order valence-corrected chi connectivity index (χ3v) is 7.03. The largest absolute Gasteiger partial charge is 0.496 e. The van der Waals surface area contributed by atoms with Crippen LogP contribution < -0.4 is 14.2 Å². The average molecular weight is 509 g/mol. The molecule has 0 radical (unpaired) electrons. The van der Waals surface area contributed by atoms with Crippen molar-refractivity contribution < 1.29 is 28.8 Å². The van der Waals surface area contributed by atoms with Crippen molar-refractivity contribution >= 4 is 42.1 Å². The van der Waals surface area contributed by atoms with Gasteiger partial charge in [-0.25, -0.2) is 4.79 Å². The van der Waals surface area contributed by atoms with Crippen LogP contribution in [0.1, 0.15) is 21.5 Å². The number of halogens is 1. The van der Waals surface area contributed by atoms with Gasteiger partial charge in [-0.3, -0.25) is 0 Å². The van der Waals surface area contributed by atoms with Gasteiger partial charge >= 0.3 is 5.97 Å². The molecule has 0 atom stereocenters. The van der Waals surface area contributed by atoms with E-state index < -0.39 is 14.0 Å². The summed E-state index contributed by atoms with van der Waals surface area (Å²) >= 11 is 3.56. The predicted molar refractivity (Wildman–Crippen MR) is 129 cm³/mol. The van der Waals surface area contributed by atoms with E-state index in [0.29, 0.717) is 23.9 Å². The Morgan fingerprint density at radius 1 is 1.06 bits per heavy atom. The molecule has 31 heavy (non-hydrogen) atoms. The fourth-order valence-corrected chi connectivity index (χ4v) is 3.95. The Kier molecular flexibility index (Phi) is 9.15. The van der Waals surface area contributed by atoms with Gasteiger partial charge in [0, 0.05) is 20.7 Å². The van der Waals surface area contributed by atoms with Crippen LogP contribution in [0.25, 0.3) is 12.2 Å². The number of rotatable bonds is 11. The lowest BCUT2D eigenvalue weighted by Crippen LogP contribution is -2.22. The third-order valence-electron chi connectivity index (χ3n) is 4.48. The van der Waals surface area contributed by atoms with E-state index >= 15 is 0 Å². The predicted octanol–water partition coefficient (Wildman–Crippen LogP) is 6.03. The molecule has 1 N–H and O–H groups in total. The highest BCUT2D eigenvalue weighted by Gasteiger charge is 2.13. The fraction of sp³-hybridized carbons (Fsp3) is 0.348. The van der Waals surface area contributed by atoms with Crippen LogP contribution in [0.5, 0.6) is 17.2 Å². The molecule has 8 heteroatoms. The molecule has 0 fully saturated rings. The van der Waals surface area contributed by atoms with Crippen LogP contribution in [0.15, 0.2) is 34.8 Å². The van der Waals surface area contributed by atoms with Crippen LogP contribution in [0, 0.1) is 0 Å². The van der Waals surface area contributed by atoms with Gasteiger partial charge in [-0.05, 0) is 51.3 Å². The number of hydrogen-bond donors (Lipinski definition) is 1. The Hall–Kier alpha value is -2.29. The zero-order valence-electron chi connectivity index (χ0n) is 18.5. The molecule has 0 amide bonds. The minimum absolute atomic E-state index is 0.118. The zero-order valence-corrected chi connectivity index (χ0v) is 21.1. The maximum atomic E-state index is 11.3. The maximum absolute atomic E-state index is 11.3. The van der Waals surface area contributed by atoms with E-state index in [0.717, 1.165) is 21.6 Å². The van der Waals surface area contributed by atoms with Crippen molar-refractivity contribution in [1.29, 1.82) is 0 Å². The highest BCUT2D eigenvalue weighted by molar-refractivity contribution is 9.10. The summed E-state index contributed by atoms with van der Waals surface area (Å²) < 4.78 is 22.8. The topological polar surface area (TPSA) is 74.2 Å². The van der Waals surface area contributed by atoms with E-state index in [1.54, 1.807) is 25.3 Å². The summed E-state index contributed by atoms with van der Waals surface area (Å²) in [7, 11) is 1.91. The van der Waals surface area contributed by atoms with Crippen molar-refractivity contribution in [1.82, 2.24) is 0 Å². The van der Waals surface area contributed by atoms with Crippen molar-refractivity contribution in [2.45, 2.75) is 25.7 Å². The quantitative estimate of drug-likeness (QED) is 0.173. The van der Waals surface area contributed by atoms with E-state index in [2.05, 4.69) is 35.6 Å². The van der Waals surface area contributed by atoms with E-state index in [4.69, 9.17) is 18.9 Å². The summed E-state index contributed by atoms with van der Waals surface area (Å²) in [5.41, 5.74) is 1.76. The van der Waals surface area contributed by atoms with Gasteiger partial charge in [0.2, 0.25) is 0 Å². The number of carbonyl (C=O) groups is 1. The molecule has 168 valence electrons. The van der Waals surface area contributed by atoms with Crippen molar-refractivity contribution in [3.63, 3.8) is 0 Å².